The molecule has 74 valence electrons. The molecule has 0 spiro atoms. The number of rotatable bonds is 1. The van der Waals surface area contributed by atoms with Crippen LogP contribution in [0.25, 0.3) is 5.65 Å². The minimum absolute atomic E-state index is 0.464. The van der Waals surface area contributed by atoms with Gasteiger partial charge in [-0.15, -0.1) is 0 Å². The van der Waals surface area contributed by atoms with E-state index in [0.29, 0.717) is 5.92 Å². The fourth-order valence-corrected chi connectivity index (χ4v) is 1.73. The predicted octanol–water partition coefficient (Wildman–Crippen LogP) is 2.35. The second kappa shape index (κ2) is 3.01. The fourth-order valence-electron chi connectivity index (χ4n) is 1.73. The lowest BCUT2D eigenvalue weighted by molar-refractivity contribution is 0.808. The molecule has 2 heterocycles. The van der Waals surface area contributed by atoms with Gasteiger partial charge in [0.2, 0.25) is 0 Å². The van der Waals surface area contributed by atoms with E-state index in [2.05, 4.69) is 23.2 Å². The summed E-state index contributed by atoms with van der Waals surface area (Å²) in [5, 5.41) is 0. The number of aryl methyl sites for hydroxylation is 1. The molecule has 0 aromatic carbocycles. The summed E-state index contributed by atoms with van der Waals surface area (Å²) in [6.07, 6.45) is 3.86. The van der Waals surface area contributed by atoms with E-state index in [9.17, 15) is 0 Å². The van der Waals surface area contributed by atoms with Crippen LogP contribution in [0.2, 0.25) is 0 Å². The molecule has 0 saturated carbocycles. The molecule has 0 radical (unpaired) electrons. The van der Waals surface area contributed by atoms with Crippen molar-refractivity contribution in [1.82, 2.24) is 9.38 Å². The number of hydrogen-bond acceptors (Lipinski definition) is 2. The van der Waals surface area contributed by atoms with E-state index in [1.807, 2.05) is 25.4 Å². The van der Waals surface area contributed by atoms with Gasteiger partial charge in [0.1, 0.15) is 5.65 Å². The van der Waals surface area contributed by atoms with E-state index >= 15 is 0 Å². The second-order valence-corrected chi connectivity index (χ2v) is 3.99. The molecule has 2 aromatic rings. The number of fused-ring (bicyclic) bond motifs is 1. The summed E-state index contributed by atoms with van der Waals surface area (Å²) in [6, 6.07) is 1.95. The highest BCUT2D eigenvalue weighted by Crippen LogP contribution is 2.20. The van der Waals surface area contributed by atoms with Crippen LogP contribution < -0.4 is 5.73 Å². The Hall–Kier alpha value is -1.51. The average Bonchev–Trinajstić information content (AvgIpc) is 2.47. The lowest BCUT2D eigenvalue weighted by Gasteiger charge is -2.06. The Kier molecular flexibility index (Phi) is 1.95. The predicted molar refractivity (Wildman–Crippen MR) is 58.4 cm³/mol. The van der Waals surface area contributed by atoms with Gasteiger partial charge in [-0.2, -0.15) is 0 Å². The van der Waals surface area contributed by atoms with Crippen molar-refractivity contribution in [2.45, 2.75) is 26.7 Å². The number of aromatic nitrogens is 2. The van der Waals surface area contributed by atoms with Gasteiger partial charge in [-0.05, 0) is 24.5 Å². The first-order valence-corrected chi connectivity index (χ1v) is 4.82. The van der Waals surface area contributed by atoms with Crippen molar-refractivity contribution in [3.63, 3.8) is 0 Å². The summed E-state index contributed by atoms with van der Waals surface area (Å²) in [5.41, 5.74) is 9.92. The van der Waals surface area contributed by atoms with E-state index in [0.717, 1.165) is 16.9 Å². The monoisotopic (exact) mass is 189 g/mol. The molecular formula is C11H15N3. The lowest BCUT2D eigenvalue weighted by atomic mass is 10.1. The maximum absolute atomic E-state index is 5.80. The standard InChI is InChI=1S/C11H15N3/c1-7(2)10-5-13-11-8(3)4-9(12)6-14(10)11/h4-7H,12H2,1-3H3. The van der Waals surface area contributed by atoms with Crippen molar-refractivity contribution in [3.8, 4) is 0 Å². The molecule has 0 bridgehead atoms. The van der Waals surface area contributed by atoms with E-state index in [1.54, 1.807) is 0 Å². The van der Waals surface area contributed by atoms with E-state index in [1.165, 1.54) is 5.69 Å². The summed E-state index contributed by atoms with van der Waals surface area (Å²) in [5.74, 6) is 0.464. The summed E-state index contributed by atoms with van der Waals surface area (Å²) < 4.78 is 2.08. The van der Waals surface area contributed by atoms with Crippen LogP contribution in [0.3, 0.4) is 0 Å². The zero-order valence-corrected chi connectivity index (χ0v) is 8.78. The van der Waals surface area contributed by atoms with Crippen LogP contribution in [0.1, 0.15) is 31.0 Å². The third-order valence-corrected chi connectivity index (χ3v) is 2.43. The summed E-state index contributed by atoms with van der Waals surface area (Å²) in [4.78, 5) is 4.39. The zero-order valence-electron chi connectivity index (χ0n) is 8.78. The summed E-state index contributed by atoms with van der Waals surface area (Å²) in [7, 11) is 0. The molecule has 3 nitrogen and oxygen atoms in total. The van der Waals surface area contributed by atoms with Crippen LogP contribution in [0, 0.1) is 6.92 Å². The number of pyridine rings is 1. The first-order valence-electron chi connectivity index (χ1n) is 4.82. The van der Waals surface area contributed by atoms with Crippen LogP contribution in [-0.2, 0) is 0 Å². The number of nitrogen functional groups attached to an aromatic ring is 1. The zero-order chi connectivity index (χ0) is 10.3. The van der Waals surface area contributed by atoms with Crippen molar-refractivity contribution < 1.29 is 0 Å². The Balaban J connectivity index is 2.78. The largest absolute Gasteiger partial charge is 0.398 e. The highest BCUT2D eigenvalue weighted by atomic mass is 15.0. The van der Waals surface area contributed by atoms with Crippen LogP contribution in [0.4, 0.5) is 5.69 Å². The number of hydrogen-bond donors (Lipinski definition) is 1. The molecule has 0 aliphatic rings. The normalized spacial score (nSPS) is 11.4. The topological polar surface area (TPSA) is 43.3 Å². The van der Waals surface area contributed by atoms with Crippen molar-refractivity contribution in [3.05, 3.63) is 29.7 Å². The van der Waals surface area contributed by atoms with E-state index in [4.69, 9.17) is 5.73 Å². The van der Waals surface area contributed by atoms with E-state index < -0.39 is 0 Å². The van der Waals surface area contributed by atoms with Gasteiger partial charge in [-0.25, -0.2) is 4.98 Å². The van der Waals surface area contributed by atoms with Gasteiger partial charge in [0.05, 0.1) is 0 Å². The summed E-state index contributed by atoms with van der Waals surface area (Å²) >= 11 is 0. The van der Waals surface area contributed by atoms with E-state index in [-0.39, 0.29) is 0 Å². The third kappa shape index (κ3) is 1.25. The smallest absolute Gasteiger partial charge is 0.139 e. The lowest BCUT2D eigenvalue weighted by Crippen LogP contribution is -1.98. The average molecular weight is 189 g/mol. The van der Waals surface area contributed by atoms with Crippen molar-refractivity contribution in [2.24, 2.45) is 0 Å². The van der Waals surface area contributed by atoms with Crippen molar-refractivity contribution in [1.29, 1.82) is 0 Å². The maximum Gasteiger partial charge on any atom is 0.139 e. The second-order valence-electron chi connectivity index (χ2n) is 3.99. The van der Waals surface area contributed by atoms with Gasteiger partial charge in [0.25, 0.3) is 0 Å². The first kappa shape index (κ1) is 9.06. The molecular weight excluding hydrogens is 174 g/mol. The van der Waals surface area contributed by atoms with Crippen LogP contribution in [0.5, 0.6) is 0 Å². The Bertz CT molecular complexity index is 469. The molecule has 0 aliphatic carbocycles. The minimum atomic E-state index is 0.464. The SMILES string of the molecule is Cc1cc(N)cn2c(C(C)C)cnc12. The molecule has 14 heavy (non-hydrogen) atoms. The molecule has 0 atom stereocenters. The quantitative estimate of drug-likeness (QED) is 0.748. The molecule has 0 amide bonds. The van der Waals surface area contributed by atoms with Gasteiger partial charge < -0.3 is 10.1 Å². The number of anilines is 1. The maximum atomic E-state index is 5.80. The molecule has 3 heteroatoms. The fraction of sp³-hybridized carbons (Fsp3) is 0.364. The van der Waals surface area contributed by atoms with Crippen molar-refractivity contribution in [2.75, 3.05) is 5.73 Å². The Morgan fingerprint density at radius 2 is 2.14 bits per heavy atom. The Morgan fingerprint density at radius 3 is 2.79 bits per heavy atom. The minimum Gasteiger partial charge on any atom is -0.398 e. The van der Waals surface area contributed by atoms with Gasteiger partial charge in [0, 0.05) is 23.8 Å². The van der Waals surface area contributed by atoms with Crippen LogP contribution in [0.15, 0.2) is 18.5 Å². The first-order chi connectivity index (χ1) is 6.59. The Labute approximate surface area is 83.6 Å². The molecule has 0 saturated heterocycles. The highest BCUT2D eigenvalue weighted by molar-refractivity contribution is 5.55. The number of imidazole rings is 1. The van der Waals surface area contributed by atoms with Gasteiger partial charge in [-0.1, -0.05) is 13.8 Å². The number of nitrogens with zero attached hydrogens (tertiary/aromatic N) is 2. The summed E-state index contributed by atoms with van der Waals surface area (Å²) in [6.45, 7) is 6.34. The Morgan fingerprint density at radius 1 is 1.43 bits per heavy atom. The molecule has 0 fully saturated rings. The van der Waals surface area contributed by atoms with Gasteiger partial charge in [-0.3, -0.25) is 0 Å². The molecule has 2 N–H and O–H groups in total. The molecule has 0 unspecified atom stereocenters. The van der Waals surface area contributed by atoms with Gasteiger partial charge >= 0.3 is 0 Å². The molecule has 0 aliphatic heterocycles. The molecule has 2 aromatic heterocycles. The number of nitrogens with two attached hydrogens (primary N) is 1. The highest BCUT2D eigenvalue weighted by Gasteiger charge is 2.08. The van der Waals surface area contributed by atoms with Crippen LogP contribution in [-0.4, -0.2) is 9.38 Å². The van der Waals surface area contributed by atoms with Gasteiger partial charge in [0.15, 0.2) is 0 Å². The molecule has 2 rings (SSSR count). The van der Waals surface area contributed by atoms with Crippen LogP contribution >= 0.6 is 0 Å². The third-order valence-electron chi connectivity index (χ3n) is 2.43. The van der Waals surface area contributed by atoms with Crippen molar-refractivity contribution >= 4 is 11.3 Å².